The fraction of sp³-hybridized carbons (Fsp3) is 0.222. The second-order valence-corrected chi connectivity index (χ2v) is 3.95. The van der Waals surface area contributed by atoms with Crippen molar-refractivity contribution in [3.8, 4) is 0 Å². The molecular weight excluding hydrogens is 202 g/mol. The summed E-state index contributed by atoms with van der Waals surface area (Å²) in [5, 5.41) is 0. The molecule has 3 N–H and O–H groups in total. The smallest absolute Gasteiger partial charge is 0.221 e. The summed E-state index contributed by atoms with van der Waals surface area (Å²) in [6.07, 6.45) is 0.0941. The van der Waals surface area contributed by atoms with Gasteiger partial charge in [-0.2, -0.15) is 0 Å². The van der Waals surface area contributed by atoms with Crippen LogP contribution in [0, 0.1) is 6.92 Å². The molecule has 0 bridgehead atoms. The number of primary amides is 1. The van der Waals surface area contributed by atoms with E-state index in [-0.39, 0.29) is 11.3 Å². The summed E-state index contributed by atoms with van der Waals surface area (Å²) in [5.41, 5.74) is 6.62. The van der Waals surface area contributed by atoms with Gasteiger partial charge in [-0.05, 0) is 30.2 Å². The number of benzene rings is 1. The number of aryl methyl sites for hydroxylation is 1. The highest BCUT2D eigenvalue weighted by Crippen LogP contribution is 2.13. The van der Waals surface area contributed by atoms with Crippen molar-refractivity contribution in [2.75, 3.05) is 0 Å². The molecule has 0 aromatic heterocycles. The van der Waals surface area contributed by atoms with E-state index in [0.29, 0.717) is 5.56 Å². The third-order valence-electron chi connectivity index (χ3n) is 1.89. The van der Waals surface area contributed by atoms with Crippen LogP contribution in [0.4, 0.5) is 0 Å². The number of amides is 1. The number of carbonyl (C=O) groups excluding carboxylic acids is 1. The zero-order valence-electron chi connectivity index (χ0n) is 7.69. The molecule has 1 atom stereocenters. The Kier molecular flexibility index (Phi) is 3.38. The third-order valence-corrected chi connectivity index (χ3v) is 2.54. The quantitative estimate of drug-likeness (QED) is 0.721. The lowest BCUT2D eigenvalue weighted by molar-refractivity contribution is -0.117. The average molecular weight is 213 g/mol. The first-order valence-electron chi connectivity index (χ1n) is 3.99. The lowest BCUT2D eigenvalue weighted by atomic mass is 10.1. The summed E-state index contributed by atoms with van der Waals surface area (Å²) in [6, 6.07) is 4.77. The first-order chi connectivity index (χ1) is 6.50. The van der Waals surface area contributed by atoms with Crippen molar-refractivity contribution in [2.45, 2.75) is 18.2 Å². The Morgan fingerprint density at radius 1 is 1.57 bits per heavy atom. The van der Waals surface area contributed by atoms with Crippen LogP contribution in [0.25, 0.3) is 0 Å². The van der Waals surface area contributed by atoms with Gasteiger partial charge in [0.2, 0.25) is 5.91 Å². The Hall–Kier alpha value is -1.20. The number of hydrogen-bond acceptors (Lipinski definition) is 2. The molecule has 0 saturated heterocycles. The second-order valence-electron chi connectivity index (χ2n) is 2.98. The number of nitrogens with two attached hydrogens (primary N) is 1. The minimum Gasteiger partial charge on any atom is -0.369 e. The first-order valence-corrected chi connectivity index (χ1v) is 5.10. The van der Waals surface area contributed by atoms with Crippen molar-refractivity contribution in [3.05, 3.63) is 29.3 Å². The molecule has 0 spiro atoms. The molecule has 0 aliphatic heterocycles. The van der Waals surface area contributed by atoms with E-state index < -0.39 is 17.0 Å². The van der Waals surface area contributed by atoms with Crippen LogP contribution in [-0.4, -0.2) is 14.7 Å². The molecule has 4 nitrogen and oxygen atoms in total. The maximum absolute atomic E-state index is 10.7. The fourth-order valence-corrected chi connectivity index (χ4v) is 1.56. The summed E-state index contributed by atoms with van der Waals surface area (Å²) < 4.78 is 19.6. The van der Waals surface area contributed by atoms with E-state index in [1.807, 2.05) is 6.92 Å². The van der Waals surface area contributed by atoms with Crippen molar-refractivity contribution in [1.29, 1.82) is 0 Å². The fourth-order valence-electron chi connectivity index (χ4n) is 1.13. The molecule has 0 aliphatic carbocycles. The minimum atomic E-state index is -2.01. The molecule has 14 heavy (non-hydrogen) atoms. The Morgan fingerprint density at radius 2 is 2.21 bits per heavy atom. The van der Waals surface area contributed by atoms with Crippen LogP contribution in [0.1, 0.15) is 11.1 Å². The van der Waals surface area contributed by atoms with Crippen LogP contribution >= 0.6 is 0 Å². The molecule has 1 aromatic carbocycles. The van der Waals surface area contributed by atoms with Gasteiger partial charge in [0.15, 0.2) is 11.1 Å². The van der Waals surface area contributed by atoms with Gasteiger partial charge in [0, 0.05) is 0 Å². The molecule has 1 aromatic rings. The number of carbonyl (C=O) groups is 1. The van der Waals surface area contributed by atoms with Crippen molar-refractivity contribution >= 4 is 17.0 Å². The maximum Gasteiger partial charge on any atom is 0.221 e. The summed E-state index contributed by atoms with van der Waals surface area (Å²) >= 11 is -2.01. The van der Waals surface area contributed by atoms with Gasteiger partial charge in [-0.25, -0.2) is 4.21 Å². The van der Waals surface area contributed by atoms with Crippen LogP contribution in [0.5, 0.6) is 0 Å². The monoisotopic (exact) mass is 213 g/mol. The van der Waals surface area contributed by atoms with E-state index >= 15 is 0 Å². The van der Waals surface area contributed by atoms with Gasteiger partial charge in [0.1, 0.15) is 0 Å². The Bertz CT molecular complexity index is 390. The minimum absolute atomic E-state index is 0.0941. The predicted molar refractivity (Wildman–Crippen MR) is 53.1 cm³/mol. The van der Waals surface area contributed by atoms with Gasteiger partial charge in [0.05, 0.1) is 11.3 Å². The SMILES string of the molecule is Cc1ccc(S(=O)O)cc1CC(N)=O. The van der Waals surface area contributed by atoms with E-state index in [2.05, 4.69) is 0 Å². The van der Waals surface area contributed by atoms with Gasteiger partial charge >= 0.3 is 0 Å². The summed E-state index contributed by atoms with van der Waals surface area (Å²) in [6.45, 7) is 1.82. The van der Waals surface area contributed by atoms with E-state index in [4.69, 9.17) is 10.3 Å². The van der Waals surface area contributed by atoms with E-state index in [1.165, 1.54) is 6.07 Å². The Labute approximate surface area is 84.4 Å². The highest BCUT2D eigenvalue weighted by atomic mass is 32.2. The molecule has 0 radical (unpaired) electrons. The van der Waals surface area contributed by atoms with Crippen molar-refractivity contribution in [2.24, 2.45) is 5.73 Å². The zero-order valence-corrected chi connectivity index (χ0v) is 8.50. The topological polar surface area (TPSA) is 80.4 Å². The van der Waals surface area contributed by atoms with Crippen molar-refractivity contribution in [3.63, 3.8) is 0 Å². The predicted octanol–water partition coefficient (Wildman–Crippen LogP) is 0.603. The lowest BCUT2D eigenvalue weighted by Gasteiger charge is -2.04. The van der Waals surface area contributed by atoms with E-state index in [1.54, 1.807) is 12.1 Å². The van der Waals surface area contributed by atoms with Crippen molar-refractivity contribution < 1.29 is 13.6 Å². The number of rotatable bonds is 3. The Morgan fingerprint density at radius 3 is 2.71 bits per heavy atom. The van der Waals surface area contributed by atoms with Crippen LogP contribution < -0.4 is 5.73 Å². The molecule has 1 amide bonds. The van der Waals surface area contributed by atoms with Crippen LogP contribution in [0.2, 0.25) is 0 Å². The molecule has 0 saturated carbocycles. The lowest BCUT2D eigenvalue weighted by Crippen LogP contribution is -2.14. The van der Waals surface area contributed by atoms with E-state index in [0.717, 1.165) is 5.56 Å². The van der Waals surface area contributed by atoms with Crippen LogP contribution in [0.3, 0.4) is 0 Å². The molecule has 0 heterocycles. The van der Waals surface area contributed by atoms with Crippen LogP contribution in [0.15, 0.2) is 23.1 Å². The molecule has 5 heteroatoms. The van der Waals surface area contributed by atoms with Gasteiger partial charge in [-0.1, -0.05) is 6.07 Å². The molecule has 76 valence electrons. The first kappa shape index (κ1) is 10.9. The van der Waals surface area contributed by atoms with E-state index in [9.17, 15) is 9.00 Å². The summed E-state index contributed by atoms with van der Waals surface area (Å²) in [5.74, 6) is -0.450. The van der Waals surface area contributed by atoms with Crippen LogP contribution in [-0.2, 0) is 22.3 Å². The largest absolute Gasteiger partial charge is 0.369 e. The maximum atomic E-state index is 10.7. The highest BCUT2D eigenvalue weighted by Gasteiger charge is 2.06. The van der Waals surface area contributed by atoms with Gasteiger partial charge in [-0.15, -0.1) is 0 Å². The summed E-state index contributed by atoms with van der Waals surface area (Å²) in [7, 11) is 0. The zero-order chi connectivity index (χ0) is 10.7. The summed E-state index contributed by atoms with van der Waals surface area (Å²) in [4.78, 5) is 11.0. The second kappa shape index (κ2) is 4.34. The van der Waals surface area contributed by atoms with Gasteiger partial charge in [0.25, 0.3) is 0 Å². The molecule has 0 aliphatic rings. The third kappa shape index (κ3) is 2.65. The standard InChI is InChI=1S/C9H11NO3S/c1-6-2-3-8(14(12)13)4-7(6)5-9(10)11/h2-4H,5H2,1H3,(H2,10,11)(H,12,13). The van der Waals surface area contributed by atoms with Gasteiger partial charge < -0.3 is 10.3 Å². The van der Waals surface area contributed by atoms with Gasteiger partial charge in [-0.3, -0.25) is 4.79 Å². The normalized spacial score (nSPS) is 12.4. The Balaban J connectivity index is 3.08. The molecule has 1 unspecified atom stereocenters. The molecule has 0 fully saturated rings. The van der Waals surface area contributed by atoms with Crippen molar-refractivity contribution in [1.82, 2.24) is 0 Å². The number of hydrogen-bond donors (Lipinski definition) is 2. The molecular formula is C9H11NO3S. The highest BCUT2D eigenvalue weighted by molar-refractivity contribution is 7.79. The average Bonchev–Trinajstić information content (AvgIpc) is 2.07. The molecule has 1 rings (SSSR count).